The molecule has 2 aliphatic heterocycles. The first-order valence-electron chi connectivity index (χ1n) is 11.4. The van der Waals surface area contributed by atoms with Crippen LogP contribution in [-0.2, 0) is 27.8 Å². The van der Waals surface area contributed by atoms with Crippen molar-refractivity contribution in [2.24, 2.45) is 0 Å². The molecule has 2 atom stereocenters. The van der Waals surface area contributed by atoms with E-state index in [-0.39, 0.29) is 25.0 Å². The predicted octanol–water partition coefficient (Wildman–Crippen LogP) is 2.20. The lowest BCUT2D eigenvalue weighted by molar-refractivity contribution is -0.858. The molecule has 172 valence electrons. The number of fused-ring (bicyclic) bond motifs is 3. The zero-order valence-electron chi connectivity index (χ0n) is 18.5. The number of aromatic nitrogens is 2. The lowest BCUT2D eigenvalue weighted by Gasteiger charge is -2.37. The second kappa shape index (κ2) is 7.61. The summed E-state index contributed by atoms with van der Waals surface area (Å²) < 4.78 is -0.611. The molecule has 2 N–H and O–H groups in total. The summed E-state index contributed by atoms with van der Waals surface area (Å²) in [6.07, 6.45) is 4.53. The highest BCUT2D eigenvalue weighted by Gasteiger charge is 2.51. The van der Waals surface area contributed by atoms with Crippen LogP contribution in [-0.4, -0.2) is 52.7 Å². The van der Waals surface area contributed by atoms with Crippen molar-refractivity contribution in [1.82, 2.24) is 9.97 Å². The molecule has 4 heterocycles. The normalized spacial score (nSPS) is 24.7. The molecule has 1 aromatic carbocycles. The standard InChI is InChI=1S/C25H24N6O3/c32-22(15-31(34)11-10-30(16-31)21-5-1-2-8-26-21)28-19-7-6-17-13-25(14-18(17)12-19)20-4-3-9-27-23(20)29-24(25)33/h1-9,12H,10-11,13-16H2,(H,28,32)(H,27,29,33). The van der Waals surface area contributed by atoms with Crippen molar-refractivity contribution in [3.05, 3.63) is 82.8 Å². The van der Waals surface area contributed by atoms with Gasteiger partial charge in [0.05, 0.1) is 18.5 Å². The Morgan fingerprint density at radius 1 is 1.12 bits per heavy atom. The third-order valence-electron chi connectivity index (χ3n) is 7.08. The average Bonchev–Trinajstić information content (AvgIpc) is 3.48. The molecule has 3 aliphatic rings. The van der Waals surface area contributed by atoms with Crippen LogP contribution in [0, 0.1) is 5.21 Å². The number of carbonyl (C=O) groups is 2. The molecule has 0 radical (unpaired) electrons. The lowest BCUT2D eigenvalue weighted by atomic mass is 9.79. The zero-order chi connectivity index (χ0) is 23.3. The third-order valence-corrected chi connectivity index (χ3v) is 7.08. The summed E-state index contributed by atoms with van der Waals surface area (Å²) in [6, 6.07) is 15.1. The smallest absolute Gasteiger partial charge is 0.279 e. The van der Waals surface area contributed by atoms with Crippen molar-refractivity contribution < 1.29 is 14.2 Å². The van der Waals surface area contributed by atoms with E-state index in [1.165, 1.54) is 0 Å². The van der Waals surface area contributed by atoms with Gasteiger partial charge in [-0.1, -0.05) is 18.2 Å². The number of amides is 2. The molecule has 3 aromatic rings. The fourth-order valence-electron chi connectivity index (χ4n) is 5.42. The van der Waals surface area contributed by atoms with Gasteiger partial charge >= 0.3 is 0 Å². The van der Waals surface area contributed by atoms with Crippen molar-refractivity contribution in [3.8, 4) is 0 Å². The lowest BCUT2D eigenvalue weighted by Crippen LogP contribution is -2.46. The van der Waals surface area contributed by atoms with E-state index in [0.29, 0.717) is 37.4 Å². The van der Waals surface area contributed by atoms with E-state index in [9.17, 15) is 14.8 Å². The Hall–Kier alpha value is -3.82. The molecule has 2 aromatic heterocycles. The largest absolute Gasteiger partial charge is 0.631 e. The van der Waals surface area contributed by atoms with Gasteiger partial charge in [0.25, 0.3) is 5.91 Å². The number of hydroxylamine groups is 3. The molecule has 9 heteroatoms. The summed E-state index contributed by atoms with van der Waals surface area (Å²) in [5.74, 6) is 1.02. The molecule has 6 rings (SSSR count). The summed E-state index contributed by atoms with van der Waals surface area (Å²) in [4.78, 5) is 36.1. The van der Waals surface area contributed by atoms with Gasteiger partial charge in [0.15, 0.2) is 13.2 Å². The Labute approximate surface area is 196 Å². The van der Waals surface area contributed by atoms with Gasteiger partial charge in [-0.3, -0.25) is 9.59 Å². The number of nitrogens with zero attached hydrogens (tertiary/aromatic N) is 4. The van der Waals surface area contributed by atoms with Crippen LogP contribution in [0.4, 0.5) is 17.3 Å². The van der Waals surface area contributed by atoms with Gasteiger partial charge in [-0.2, -0.15) is 0 Å². The van der Waals surface area contributed by atoms with E-state index >= 15 is 0 Å². The number of hydrogen-bond donors (Lipinski definition) is 2. The number of pyridine rings is 2. The first-order chi connectivity index (χ1) is 16.4. The quantitative estimate of drug-likeness (QED) is 0.460. The Kier molecular flexibility index (Phi) is 4.65. The molecular formula is C25H24N6O3. The summed E-state index contributed by atoms with van der Waals surface area (Å²) in [5.41, 5.74) is 3.02. The van der Waals surface area contributed by atoms with Crippen molar-refractivity contribution in [2.75, 3.05) is 41.8 Å². The first-order valence-corrected chi connectivity index (χ1v) is 11.4. The molecule has 1 saturated heterocycles. The Balaban J connectivity index is 1.14. The van der Waals surface area contributed by atoms with Crippen molar-refractivity contribution in [1.29, 1.82) is 0 Å². The predicted molar refractivity (Wildman–Crippen MR) is 127 cm³/mol. The van der Waals surface area contributed by atoms with E-state index < -0.39 is 10.1 Å². The van der Waals surface area contributed by atoms with Crippen LogP contribution in [0.1, 0.15) is 16.7 Å². The Morgan fingerprint density at radius 2 is 1.97 bits per heavy atom. The van der Waals surface area contributed by atoms with Crippen molar-refractivity contribution in [3.63, 3.8) is 0 Å². The van der Waals surface area contributed by atoms with Crippen molar-refractivity contribution >= 4 is 29.1 Å². The molecule has 34 heavy (non-hydrogen) atoms. The molecule has 0 bridgehead atoms. The number of carbonyl (C=O) groups excluding carboxylic acids is 2. The molecule has 1 spiro atoms. The number of nitrogens with one attached hydrogen (secondary N) is 2. The summed E-state index contributed by atoms with van der Waals surface area (Å²) in [7, 11) is 0. The minimum Gasteiger partial charge on any atom is -0.631 e. The van der Waals surface area contributed by atoms with Crippen molar-refractivity contribution in [2.45, 2.75) is 18.3 Å². The summed E-state index contributed by atoms with van der Waals surface area (Å²) >= 11 is 0. The molecule has 2 amide bonds. The minimum absolute atomic E-state index is 0.0349. The Morgan fingerprint density at radius 3 is 2.82 bits per heavy atom. The van der Waals surface area contributed by atoms with Gasteiger partial charge in [-0.15, -0.1) is 0 Å². The molecular weight excluding hydrogens is 432 g/mol. The molecule has 0 saturated carbocycles. The number of rotatable bonds is 4. The topological polar surface area (TPSA) is 110 Å². The maximum atomic E-state index is 13.2. The van der Waals surface area contributed by atoms with Gasteiger partial charge in [0.1, 0.15) is 11.6 Å². The van der Waals surface area contributed by atoms with Crippen LogP contribution in [0.2, 0.25) is 0 Å². The van der Waals surface area contributed by atoms with Gasteiger partial charge in [0.2, 0.25) is 5.91 Å². The molecule has 2 unspecified atom stereocenters. The first kappa shape index (κ1) is 20.8. The Bertz CT molecular complexity index is 1300. The SMILES string of the molecule is O=C(C[N+]1([O-])CCN(c2ccccn2)C1)Nc1ccc2c(c1)CC1(C2)C(=O)Nc2ncccc21. The van der Waals surface area contributed by atoms with Crippen LogP contribution < -0.4 is 15.5 Å². The van der Waals surface area contributed by atoms with E-state index in [1.54, 1.807) is 12.4 Å². The fourth-order valence-corrected chi connectivity index (χ4v) is 5.42. The number of anilines is 3. The second-order valence-electron chi connectivity index (χ2n) is 9.35. The third kappa shape index (κ3) is 3.41. The van der Waals surface area contributed by atoms with Crippen LogP contribution in [0.3, 0.4) is 0 Å². The van der Waals surface area contributed by atoms with Gasteiger partial charge in [-0.25, -0.2) is 9.97 Å². The van der Waals surface area contributed by atoms with Crippen LogP contribution in [0.15, 0.2) is 60.9 Å². The number of quaternary nitrogens is 1. The van der Waals surface area contributed by atoms with Crippen LogP contribution >= 0.6 is 0 Å². The minimum atomic E-state index is -0.649. The second-order valence-corrected chi connectivity index (χ2v) is 9.35. The van der Waals surface area contributed by atoms with Crippen LogP contribution in [0.25, 0.3) is 0 Å². The highest BCUT2D eigenvalue weighted by molar-refractivity contribution is 6.06. The fraction of sp³-hybridized carbons (Fsp3) is 0.280. The van der Waals surface area contributed by atoms with Crippen LogP contribution in [0.5, 0.6) is 0 Å². The monoisotopic (exact) mass is 456 g/mol. The summed E-state index contributed by atoms with van der Waals surface area (Å²) in [5, 5.41) is 18.9. The maximum Gasteiger partial charge on any atom is 0.279 e. The zero-order valence-corrected chi connectivity index (χ0v) is 18.5. The van der Waals surface area contributed by atoms with Gasteiger partial charge in [-0.05, 0) is 54.3 Å². The van der Waals surface area contributed by atoms with E-state index in [1.807, 2.05) is 53.4 Å². The maximum absolute atomic E-state index is 13.2. The molecule has 9 nitrogen and oxygen atoms in total. The molecule has 1 aliphatic carbocycles. The van der Waals surface area contributed by atoms with E-state index in [2.05, 4.69) is 20.6 Å². The average molecular weight is 457 g/mol. The van der Waals surface area contributed by atoms with Gasteiger partial charge < -0.3 is 25.4 Å². The van der Waals surface area contributed by atoms with E-state index in [0.717, 1.165) is 22.5 Å². The van der Waals surface area contributed by atoms with Gasteiger partial charge in [0, 0.05) is 23.6 Å². The number of benzene rings is 1. The highest BCUT2D eigenvalue weighted by atomic mass is 16.6. The van der Waals surface area contributed by atoms with E-state index in [4.69, 9.17) is 0 Å². The molecule has 1 fully saturated rings. The summed E-state index contributed by atoms with van der Waals surface area (Å²) in [6.45, 7) is 0.928. The number of hydrogen-bond acceptors (Lipinski definition) is 6. The highest BCUT2D eigenvalue weighted by Crippen LogP contribution is 2.46.